The Hall–Kier alpha value is -1.75. The van der Waals surface area contributed by atoms with Crippen LogP contribution in [0.5, 0.6) is 0 Å². The highest BCUT2D eigenvalue weighted by atomic mass is 35.5. The number of nitrogens with zero attached hydrogens (tertiary/aromatic N) is 4. The molecule has 0 N–H and O–H groups in total. The van der Waals surface area contributed by atoms with Crippen molar-refractivity contribution in [3.05, 3.63) is 40.9 Å². The van der Waals surface area contributed by atoms with Crippen LogP contribution in [0.1, 0.15) is 16.1 Å². The first-order valence-corrected chi connectivity index (χ1v) is 4.61. The van der Waals surface area contributed by atoms with Gasteiger partial charge in [-0.3, -0.25) is 9.78 Å². The van der Waals surface area contributed by atoms with Crippen molar-refractivity contribution in [1.82, 2.24) is 20.0 Å². The van der Waals surface area contributed by atoms with Crippen LogP contribution >= 0.6 is 11.6 Å². The summed E-state index contributed by atoms with van der Waals surface area (Å²) >= 11 is 5.92. The number of aromatic nitrogens is 4. The molecule has 0 aromatic carbocycles. The molecule has 15 heavy (non-hydrogen) atoms. The largest absolute Gasteiger partial charge is 0.296 e. The molecular weight excluding hydrogens is 216 g/mol. The molecule has 0 aliphatic heterocycles. The predicted molar refractivity (Wildman–Crippen MR) is 53.8 cm³/mol. The van der Waals surface area contributed by atoms with Crippen LogP contribution in [0.3, 0.4) is 0 Å². The number of hydrogen-bond acceptors (Lipinski definition) is 4. The molecule has 6 heteroatoms. The van der Waals surface area contributed by atoms with E-state index in [1.807, 2.05) is 0 Å². The third kappa shape index (κ3) is 2.19. The number of carbonyl (C=O) groups excluding carboxylic acids is 1. The highest BCUT2D eigenvalue weighted by Gasteiger charge is 2.03. The van der Waals surface area contributed by atoms with Crippen LogP contribution in [0.4, 0.5) is 0 Å². The Labute approximate surface area is 90.7 Å². The van der Waals surface area contributed by atoms with Gasteiger partial charge in [-0.1, -0.05) is 16.8 Å². The average molecular weight is 223 g/mol. The number of carbonyl (C=O) groups is 1. The van der Waals surface area contributed by atoms with Gasteiger partial charge in [0, 0.05) is 12.4 Å². The maximum atomic E-state index is 10.4. The van der Waals surface area contributed by atoms with Crippen molar-refractivity contribution in [2.75, 3.05) is 0 Å². The summed E-state index contributed by atoms with van der Waals surface area (Å²) in [6.07, 6.45) is 5.43. The van der Waals surface area contributed by atoms with Gasteiger partial charge in [0.15, 0.2) is 6.29 Å². The van der Waals surface area contributed by atoms with E-state index < -0.39 is 0 Å². The molecule has 0 aliphatic rings. The summed E-state index contributed by atoms with van der Waals surface area (Å²) in [5.41, 5.74) is 1.19. The lowest BCUT2D eigenvalue weighted by Crippen LogP contribution is -2.01. The minimum atomic E-state index is 0.306. The summed E-state index contributed by atoms with van der Waals surface area (Å²) < 4.78 is 1.55. The molecule has 0 atom stereocenters. The minimum absolute atomic E-state index is 0.306. The summed E-state index contributed by atoms with van der Waals surface area (Å²) in [5, 5.41) is 8.00. The van der Waals surface area contributed by atoms with Crippen LogP contribution in [0.25, 0.3) is 0 Å². The van der Waals surface area contributed by atoms with Gasteiger partial charge in [0.05, 0.1) is 17.8 Å². The third-order valence-electron chi connectivity index (χ3n) is 1.87. The van der Waals surface area contributed by atoms with E-state index in [9.17, 15) is 4.79 Å². The molecule has 0 fully saturated rings. The lowest BCUT2D eigenvalue weighted by molar-refractivity contribution is 0.111. The highest BCUT2D eigenvalue weighted by Crippen LogP contribution is 2.14. The fourth-order valence-corrected chi connectivity index (χ4v) is 1.33. The fraction of sp³-hybridized carbons (Fsp3) is 0.111. The molecule has 0 bridgehead atoms. The second-order valence-electron chi connectivity index (χ2n) is 2.93. The van der Waals surface area contributed by atoms with Gasteiger partial charge in [-0.25, -0.2) is 4.68 Å². The Morgan fingerprint density at radius 1 is 1.53 bits per heavy atom. The number of rotatable bonds is 3. The average Bonchev–Trinajstić information content (AvgIpc) is 2.69. The molecule has 0 spiro atoms. The normalized spacial score (nSPS) is 10.2. The van der Waals surface area contributed by atoms with Crippen LogP contribution in [0.2, 0.25) is 5.02 Å². The second kappa shape index (κ2) is 4.18. The SMILES string of the molecule is O=Cc1cn(Cc2ccncc2Cl)nn1. The van der Waals surface area contributed by atoms with Crippen LogP contribution < -0.4 is 0 Å². The van der Waals surface area contributed by atoms with Gasteiger partial charge < -0.3 is 0 Å². The predicted octanol–water partition coefficient (Wildman–Crippen LogP) is 1.19. The summed E-state index contributed by atoms with van der Waals surface area (Å²) in [6.45, 7) is 0.474. The number of halogens is 1. The molecule has 0 amide bonds. The molecular formula is C9H7ClN4O. The molecule has 2 aromatic rings. The second-order valence-corrected chi connectivity index (χ2v) is 3.33. The van der Waals surface area contributed by atoms with Gasteiger partial charge in [0.25, 0.3) is 0 Å². The van der Waals surface area contributed by atoms with Gasteiger partial charge in [-0.15, -0.1) is 5.10 Å². The van der Waals surface area contributed by atoms with Crippen LogP contribution in [-0.2, 0) is 6.54 Å². The standard InChI is InChI=1S/C9H7ClN4O/c10-9-3-11-2-1-7(9)4-14-5-8(6-15)12-13-14/h1-3,5-6H,4H2. The van der Waals surface area contributed by atoms with Gasteiger partial charge in [0.2, 0.25) is 0 Å². The Bertz CT molecular complexity index is 482. The molecule has 76 valence electrons. The van der Waals surface area contributed by atoms with Crippen molar-refractivity contribution < 1.29 is 4.79 Å². The summed E-state index contributed by atoms with van der Waals surface area (Å²) in [6, 6.07) is 1.80. The molecule has 2 rings (SSSR count). The maximum absolute atomic E-state index is 10.4. The van der Waals surface area contributed by atoms with E-state index >= 15 is 0 Å². The monoisotopic (exact) mass is 222 g/mol. The Kier molecular flexibility index (Phi) is 2.73. The summed E-state index contributed by atoms with van der Waals surface area (Å²) in [4.78, 5) is 14.3. The Morgan fingerprint density at radius 2 is 2.40 bits per heavy atom. The zero-order valence-electron chi connectivity index (χ0n) is 7.67. The molecule has 2 aromatic heterocycles. The molecule has 0 aliphatic carbocycles. The Balaban J connectivity index is 2.22. The van der Waals surface area contributed by atoms with Crippen molar-refractivity contribution >= 4 is 17.9 Å². The van der Waals surface area contributed by atoms with Crippen molar-refractivity contribution in [3.8, 4) is 0 Å². The maximum Gasteiger partial charge on any atom is 0.171 e. The zero-order valence-corrected chi connectivity index (χ0v) is 8.42. The molecule has 2 heterocycles. The van der Waals surface area contributed by atoms with Gasteiger partial charge in [-0.05, 0) is 11.6 Å². The van der Waals surface area contributed by atoms with E-state index in [1.165, 1.54) is 0 Å². The first kappa shape index (κ1) is 9.79. The molecule has 5 nitrogen and oxygen atoms in total. The minimum Gasteiger partial charge on any atom is -0.296 e. The van der Waals surface area contributed by atoms with Gasteiger partial charge in [-0.2, -0.15) is 0 Å². The molecule has 0 unspecified atom stereocenters. The van der Waals surface area contributed by atoms with Crippen molar-refractivity contribution in [1.29, 1.82) is 0 Å². The molecule has 0 radical (unpaired) electrons. The van der Waals surface area contributed by atoms with Gasteiger partial charge >= 0.3 is 0 Å². The van der Waals surface area contributed by atoms with E-state index in [0.29, 0.717) is 23.5 Å². The van der Waals surface area contributed by atoms with Crippen LogP contribution in [-0.4, -0.2) is 26.3 Å². The zero-order chi connectivity index (χ0) is 10.7. The van der Waals surface area contributed by atoms with Crippen LogP contribution in [0, 0.1) is 0 Å². The van der Waals surface area contributed by atoms with Crippen molar-refractivity contribution in [2.24, 2.45) is 0 Å². The van der Waals surface area contributed by atoms with Gasteiger partial charge in [0.1, 0.15) is 5.69 Å². The Morgan fingerprint density at radius 3 is 3.07 bits per heavy atom. The smallest absolute Gasteiger partial charge is 0.171 e. The van der Waals surface area contributed by atoms with E-state index in [-0.39, 0.29) is 0 Å². The quantitative estimate of drug-likeness (QED) is 0.732. The summed E-state index contributed by atoms with van der Waals surface area (Å²) in [5.74, 6) is 0. The fourth-order valence-electron chi connectivity index (χ4n) is 1.15. The molecule has 0 saturated carbocycles. The lowest BCUT2D eigenvalue weighted by Gasteiger charge is -2.01. The highest BCUT2D eigenvalue weighted by molar-refractivity contribution is 6.31. The number of pyridine rings is 1. The number of aldehydes is 1. The first-order chi connectivity index (χ1) is 7.29. The lowest BCUT2D eigenvalue weighted by atomic mass is 10.3. The molecule has 0 saturated heterocycles. The number of hydrogen-bond donors (Lipinski definition) is 0. The van der Waals surface area contributed by atoms with Crippen molar-refractivity contribution in [2.45, 2.75) is 6.54 Å². The van der Waals surface area contributed by atoms with E-state index in [2.05, 4.69) is 15.3 Å². The van der Waals surface area contributed by atoms with E-state index in [4.69, 9.17) is 11.6 Å². The summed E-state index contributed by atoms with van der Waals surface area (Å²) in [7, 11) is 0. The van der Waals surface area contributed by atoms with E-state index in [0.717, 1.165) is 5.56 Å². The third-order valence-corrected chi connectivity index (χ3v) is 2.21. The van der Waals surface area contributed by atoms with Crippen molar-refractivity contribution in [3.63, 3.8) is 0 Å². The first-order valence-electron chi connectivity index (χ1n) is 4.23. The topological polar surface area (TPSA) is 60.7 Å². The van der Waals surface area contributed by atoms with E-state index in [1.54, 1.807) is 29.3 Å². The van der Waals surface area contributed by atoms with Crippen LogP contribution in [0.15, 0.2) is 24.7 Å².